The van der Waals surface area contributed by atoms with Crippen LogP contribution in [0.25, 0.3) is 0 Å². The molecule has 2 heterocycles. The van der Waals surface area contributed by atoms with Crippen LogP contribution >= 0.6 is 27.3 Å². The van der Waals surface area contributed by atoms with E-state index >= 15 is 0 Å². The molecule has 6 heteroatoms. The summed E-state index contributed by atoms with van der Waals surface area (Å²) in [5.41, 5.74) is 0. The number of carbonyl (C=O) groups is 1. The van der Waals surface area contributed by atoms with Crippen LogP contribution in [0.5, 0.6) is 0 Å². The van der Waals surface area contributed by atoms with Gasteiger partial charge in [-0.15, -0.1) is 11.3 Å². The second-order valence-electron chi connectivity index (χ2n) is 4.25. The summed E-state index contributed by atoms with van der Waals surface area (Å²) in [6, 6.07) is 3.88. The van der Waals surface area contributed by atoms with Gasteiger partial charge in [0.2, 0.25) is 5.91 Å². The van der Waals surface area contributed by atoms with Gasteiger partial charge >= 0.3 is 0 Å². The van der Waals surface area contributed by atoms with Gasteiger partial charge in [0.05, 0.1) is 16.5 Å². The first-order chi connectivity index (χ1) is 8.66. The Hall–Kier alpha value is -0.430. The largest absolute Gasteiger partial charge is 0.375 e. The highest BCUT2D eigenvalue weighted by Crippen LogP contribution is 2.22. The minimum absolute atomic E-state index is 0.0258. The van der Waals surface area contributed by atoms with Gasteiger partial charge in [0.25, 0.3) is 0 Å². The number of rotatable bonds is 4. The Labute approximate surface area is 119 Å². The van der Waals surface area contributed by atoms with Crippen LogP contribution in [0.15, 0.2) is 15.9 Å². The van der Waals surface area contributed by atoms with Gasteiger partial charge in [-0.2, -0.15) is 0 Å². The Morgan fingerprint density at radius 1 is 1.67 bits per heavy atom. The summed E-state index contributed by atoms with van der Waals surface area (Å²) in [4.78, 5) is 13.2. The quantitative estimate of drug-likeness (QED) is 0.879. The zero-order valence-electron chi connectivity index (χ0n) is 10.2. The van der Waals surface area contributed by atoms with E-state index in [1.807, 2.05) is 13.0 Å². The summed E-state index contributed by atoms with van der Waals surface area (Å²) in [5.74, 6) is 0.0258. The van der Waals surface area contributed by atoms with Crippen molar-refractivity contribution < 1.29 is 9.53 Å². The van der Waals surface area contributed by atoms with E-state index in [1.165, 1.54) is 4.88 Å². The number of nitrogens with one attached hydrogen (secondary N) is 2. The van der Waals surface area contributed by atoms with Crippen LogP contribution in [0.4, 0.5) is 0 Å². The first-order valence-corrected chi connectivity index (χ1v) is 7.64. The predicted octanol–water partition coefficient (Wildman–Crippen LogP) is 1.55. The molecule has 100 valence electrons. The van der Waals surface area contributed by atoms with E-state index in [9.17, 15) is 4.79 Å². The van der Waals surface area contributed by atoms with Crippen LogP contribution in [0.1, 0.15) is 11.8 Å². The fourth-order valence-electron chi connectivity index (χ4n) is 1.93. The Balaban J connectivity index is 1.74. The lowest BCUT2D eigenvalue weighted by molar-refractivity contribution is -0.128. The second-order valence-corrected chi connectivity index (χ2v) is 6.80. The lowest BCUT2D eigenvalue weighted by Crippen LogP contribution is -2.55. The molecule has 1 aromatic heterocycles. The molecule has 4 nitrogen and oxygen atoms in total. The number of hydrogen-bond acceptors (Lipinski definition) is 4. The van der Waals surface area contributed by atoms with Gasteiger partial charge in [0.15, 0.2) is 0 Å². The molecule has 0 bridgehead atoms. The van der Waals surface area contributed by atoms with Crippen molar-refractivity contribution >= 4 is 33.2 Å². The highest BCUT2D eigenvalue weighted by molar-refractivity contribution is 9.11. The smallest absolute Gasteiger partial charge is 0.239 e. The molecule has 2 atom stereocenters. The first-order valence-electron chi connectivity index (χ1n) is 6.04. The van der Waals surface area contributed by atoms with Crippen LogP contribution < -0.4 is 10.6 Å². The van der Waals surface area contributed by atoms with Crippen molar-refractivity contribution in [2.45, 2.75) is 25.5 Å². The summed E-state index contributed by atoms with van der Waals surface area (Å²) in [6.07, 6.45) is 0.805. The lowest BCUT2D eigenvalue weighted by Gasteiger charge is -2.29. The maximum Gasteiger partial charge on any atom is 0.239 e. The standard InChI is InChI=1S/C12H17BrN2O2S/c1-8-11(14-6-7-17-8)12(16)15-5-4-9-2-3-10(13)18-9/h2-3,8,11,14H,4-7H2,1H3,(H,15,16)/t8-,11+/m1/s1. The van der Waals surface area contributed by atoms with Gasteiger partial charge in [-0.05, 0) is 41.4 Å². The number of halogens is 1. The molecule has 0 aromatic carbocycles. The number of hydrogen-bond donors (Lipinski definition) is 2. The molecule has 1 fully saturated rings. The van der Waals surface area contributed by atoms with E-state index in [0.29, 0.717) is 13.2 Å². The van der Waals surface area contributed by atoms with Crippen molar-refractivity contribution in [3.63, 3.8) is 0 Å². The fourth-order valence-corrected chi connectivity index (χ4v) is 3.41. The maximum absolute atomic E-state index is 11.9. The third kappa shape index (κ3) is 3.78. The van der Waals surface area contributed by atoms with Crippen LogP contribution in [-0.2, 0) is 16.0 Å². The molecule has 0 unspecified atom stereocenters. The summed E-state index contributed by atoms with van der Waals surface area (Å²) in [5, 5.41) is 6.13. The van der Waals surface area contributed by atoms with Gasteiger partial charge in [-0.25, -0.2) is 0 Å². The zero-order chi connectivity index (χ0) is 13.0. The molecule has 1 amide bonds. The zero-order valence-corrected chi connectivity index (χ0v) is 12.6. The van der Waals surface area contributed by atoms with E-state index in [1.54, 1.807) is 11.3 Å². The topological polar surface area (TPSA) is 50.4 Å². The second kappa shape index (κ2) is 6.65. The van der Waals surface area contributed by atoms with Crippen LogP contribution in [-0.4, -0.2) is 37.7 Å². The number of carbonyl (C=O) groups excluding carboxylic acids is 1. The first kappa shape index (κ1) is 14.0. The third-order valence-corrected chi connectivity index (χ3v) is 4.58. The average Bonchev–Trinajstić information content (AvgIpc) is 2.75. The molecule has 18 heavy (non-hydrogen) atoms. The summed E-state index contributed by atoms with van der Waals surface area (Å²) < 4.78 is 6.58. The Bertz CT molecular complexity index is 411. The minimum Gasteiger partial charge on any atom is -0.375 e. The van der Waals surface area contributed by atoms with E-state index in [0.717, 1.165) is 16.8 Å². The Morgan fingerprint density at radius 3 is 3.17 bits per heavy atom. The Morgan fingerprint density at radius 2 is 2.50 bits per heavy atom. The van der Waals surface area contributed by atoms with Crippen LogP contribution in [0, 0.1) is 0 Å². The Kier molecular flexibility index (Phi) is 5.17. The molecular weight excluding hydrogens is 316 g/mol. The number of ether oxygens (including phenoxy) is 1. The molecule has 0 saturated carbocycles. The van der Waals surface area contributed by atoms with Gasteiger partial charge in [-0.1, -0.05) is 0 Å². The monoisotopic (exact) mass is 332 g/mol. The van der Waals surface area contributed by atoms with E-state index in [-0.39, 0.29) is 18.1 Å². The average molecular weight is 333 g/mol. The van der Waals surface area contributed by atoms with Gasteiger partial charge in [0, 0.05) is 18.0 Å². The molecule has 1 aliphatic rings. The number of thiophene rings is 1. The molecule has 2 rings (SSSR count). The molecule has 1 aromatic rings. The van der Waals surface area contributed by atoms with Crippen LogP contribution in [0.3, 0.4) is 0 Å². The van der Waals surface area contributed by atoms with Crippen molar-refractivity contribution in [3.05, 3.63) is 20.8 Å². The minimum atomic E-state index is -0.228. The van der Waals surface area contributed by atoms with Crippen molar-refractivity contribution in [1.29, 1.82) is 0 Å². The summed E-state index contributed by atoms with van der Waals surface area (Å²) in [6.45, 7) is 4.00. The van der Waals surface area contributed by atoms with Crippen molar-refractivity contribution in [1.82, 2.24) is 10.6 Å². The van der Waals surface area contributed by atoms with E-state index < -0.39 is 0 Å². The predicted molar refractivity (Wildman–Crippen MR) is 75.9 cm³/mol. The lowest BCUT2D eigenvalue weighted by atomic mass is 10.1. The van der Waals surface area contributed by atoms with E-state index in [2.05, 4.69) is 32.6 Å². The van der Waals surface area contributed by atoms with Gasteiger partial charge < -0.3 is 15.4 Å². The molecule has 0 aliphatic carbocycles. The van der Waals surface area contributed by atoms with Crippen molar-refractivity contribution in [3.8, 4) is 0 Å². The van der Waals surface area contributed by atoms with Crippen molar-refractivity contribution in [2.75, 3.05) is 19.7 Å². The normalized spacial score (nSPS) is 23.9. The molecule has 2 N–H and O–H groups in total. The highest BCUT2D eigenvalue weighted by Gasteiger charge is 2.27. The molecule has 1 aliphatic heterocycles. The van der Waals surface area contributed by atoms with Gasteiger partial charge in [0.1, 0.15) is 6.04 Å². The fraction of sp³-hybridized carbons (Fsp3) is 0.583. The van der Waals surface area contributed by atoms with Crippen molar-refractivity contribution in [2.24, 2.45) is 0 Å². The molecular formula is C12H17BrN2O2S. The third-order valence-electron chi connectivity index (χ3n) is 2.90. The summed E-state index contributed by atoms with van der Waals surface area (Å²) >= 11 is 5.13. The number of morpholine rings is 1. The van der Waals surface area contributed by atoms with E-state index in [4.69, 9.17) is 4.74 Å². The van der Waals surface area contributed by atoms with Gasteiger partial charge in [-0.3, -0.25) is 4.79 Å². The molecule has 1 saturated heterocycles. The number of amides is 1. The molecule has 0 radical (unpaired) electrons. The maximum atomic E-state index is 11.9. The summed E-state index contributed by atoms with van der Waals surface area (Å²) in [7, 11) is 0. The SMILES string of the molecule is C[C@H]1OCCN[C@@H]1C(=O)NCCc1ccc(Br)s1. The molecule has 0 spiro atoms. The van der Waals surface area contributed by atoms with Crippen LogP contribution in [0.2, 0.25) is 0 Å². The highest BCUT2D eigenvalue weighted by atomic mass is 79.9.